The number of anilines is 1. The zero-order chi connectivity index (χ0) is 13.2. The summed E-state index contributed by atoms with van der Waals surface area (Å²) in [6, 6.07) is 8.59. The van der Waals surface area contributed by atoms with Crippen molar-refractivity contribution in [2.45, 2.75) is 19.3 Å². The summed E-state index contributed by atoms with van der Waals surface area (Å²) in [6.45, 7) is 0. The van der Waals surface area contributed by atoms with E-state index < -0.39 is 0 Å². The Balaban J connectivity index is 1.75. The maximum absolute atomic E-state index is 12.0. The number of thiazole rings is 1. The first-order valence-corrected chi connectivity index (χ1v) is 6.88. The Morgan fingerprint density at radius 1 is 1.32 bits per heavy atom. The van der Waals surface area contributed by atoms with Crippen molar-refractivity contribution in [1.82, 2.24) is 4.98 Å². The number of hydrogen-bond acceptors (Lipinski definition) is 4. The van der Waals surface area contributed by atoms with Gasteiger partial charge in [-0.05, 0) is 43.5 Å². The molecule has 1 aliphatic carbocycles. The van der Waals surface area contributed by atoms with E-state index in [-0.39, 0.29) is 5.91 Å². The number of amides is 1. The molecular formula is C14H11N3OS. The Kier molecular flexibility index (Phi) is 3.02. The highest BCUT2D eigenvalue weighted by molar-refractivity contribution is 7.15. The number of benzene rings is 1. The molecule has 1 amide bonds. The van der Waals surface area contributed by atoms with Crippen LogP contribution < -0.4 is 5.32 Å². The number of aryl methyl sites for hydroxylation is 2. The van der Waals surface area contributed by atoms with Gasteiger partial charge in [0.25, 0.3) is 5.91 Å². The van der Waals surface area contributed by atoms with Crippen molar-refractivity contribution < 1.29 is 4.79 Å². The van der Waals surface area contributed by atoms with Crippen LogP contribution in [0.4, 0.5) is 5.13 Å². The minimum absolute atomic E-state index is 0.183. The van der Waals surface area contributed by atoms with E-state index in [1.165, 1.54) is 4.88 Å². The third kappa shape index (κ3) is 2.35. The third-order valence-electron chi connectivity index (χ3n) is 3.09. The Labute approximate surface area is 114 Å². The lowest BCUT2D eigenvalue weighted by Gasteiger charge is -2.01. The van der Waals surface area contributed by atoms with Gasteiger partial charge in [0.15, 0.2) is 5.13 Å². The monoisotopic (exact) mass is 269 g/mol. The van der Waals surface area contributed by atoms with Crippen LogP contribution in [0.1, 0.15) is 32.9 Å². The molecule has 0 unspecified atom stereocenters. The maximum atomic E-state index is 12.0. The third-order valence-corrected chi connectivity index (χ3v) is 4.17. The predicted octanol–water partition coefficient (Wildman–Crippen LogP) is 2.76. The largest absolute Gasteiger partial charge is 0.298 e. The summed E-state index contributed by atoms with van der Waals surface area (Å²) in [7, 11) is 0. The van der Waals surface area contributed by atoms with Gasteiger partial charge in [0.2, 0.25) is 0 Å². The number of hydrogen-bond donors (Lipinski definition) is 1. The topological polar surface area (TPSA) is 65.8 Å². The number of fused-ring (bicyclic) bond motifs is 1. The van der Waals surface area contributed by atoms with Crippen LogP contribution in [0.15, 0.2) is 24.3 Å². The molecule has 2 aromatic rings. The van der Waals surface area contributed by atoms with Gasteiger partial charge in [-0.25, -0.2) is 4.98 Å². The van der Waals surface area contributed by atoms with E-state index >= 15 is 0 Å². The number of rotatable bonds is 2. The van der Waals surface area contributed by atoms with Crippen LogP contribution in [0.25, 0.3) is 0 Å². The van der Waals surface area contributed by atoms with Crippen LogP contribution in [-0.2, 0) is 12.8 Å². The summed E-state index contributed by atoms with van der Waals surface area (Å²) in [5.41, 5.74) is 2.21. The van der Waals surface area contributed by atoms with Crippen molar-refractivity contribution in [3.05, 3.63) is 46.0 Å². The lowest BCUT2D eigenvalue weighted by atomic mass is 10.1. The van der Waals surface area contributed by atoms with E-state index in [0.717, 1.165) is 25.0 Å². The highest BCUT2D eigenvalue weighted by Gasteiger charge is 2.18. The van der Waals surface area contributed by atoms with Crippen LogP contribution >= 0.6 is 11.3 Å². The first-order valence-electron chi connectivity index (χ1n) is 6.06. The summed E-state index contributed by atoms with van der Waals surface area (Å²) in [6.07, 6.45) is 3.25. The van der Waals surface area contributed by atoms with E-state index in [9.17, 15) is 4.79 Å². The van der Waals surface area contributed by atoms with E-state index in [1.807, 2.05) is 6.07 Å². The Morgan fingerprint density at radius 2 is 2.11 bits per heavy atom. The second-order valence-electron chi connectivity index (χ2n) is 4.39. The molecule has 3 rings (SSSR count). The molecule has 0 aliphatic heterocycles. The number of carbonyl (C=O) groups is 1. The highest BCUT2D eigenvalue weighted by Crippen LogP contribution is 2.30. The molecule has 0 spiro atoms. The van der Waals surface area contributed by atoms with Gasteiger partial charge in [0.05, 0.1) is 17.3 Å². The average molecular weight is 269 g/mol. The van der Waals surface area contributed by atoms with Crippen LogP contribution in [-0.4, -0.2) is 10.9 Å². The molecule has 1 aliphatic rings. The van der Waals surface area contributed by atoms with Gasteiger partial charge in [-0.1, -0.05) is 0 Å². The van der Waals surface area contributed by atoms with Crippen molar-refractivity contribution >= 4 is 22.4 Å². The second kappa shape index (κ2) is 4.82. The number of nitrogens with zero attached hydrogens (tertiary/aromatic N) is 2. The molecule has 94 valence electrons. The first-order chi connectivity index (χ1) is 9.26. The Morgan fingerprint density at radius 3 is 2.79 bits per heavy atom. The SMILES string of the molecule is N#Cc1ccc(C(=O)Nc2nc3c(s2)CCC3)cc1. The minimum atomic E-state index is -0.183. The lowest BCUT2D eigenvalue weighted by molar-refractivity contribution is 0.102. The van der Waals surface area contributed by atoms with Crippen molar-refractivity contribution in [3.8, 4) is 6.07 Å². The molecule has 0 saturated carbocycles. The molecule has 19 heavy (non-hydrogen) atoms. The van der Waals surface area contributed by atoms with Gasteiger partial charge in [0.1, 0.15) is 0 Å². The van der Waals surface area contributed by atoms with Crippen LogP contribution in [0.2, 0.25) is 0 Å². The molecular weight excluding hydrogens is 258 g/mol. The number of nitrogens with one attached hydrogen (secondary N) is 1. The summed E-state index contributed by atoms with van der Waals surface area (Å²) in [5.74, 6) is -0.183. The van der Waals surface area contributed by atoms with Gasteiger partial charge in [-0.15, -0.1) is 11.3 Å². The number of carbonyl (C=O) groups excluding carboxylic acids is 1. The molecule has 1 aromatic carbocycles. The van der Waals surface area contributed by atoms with E-state index in [4.69, 9.17) is 5.26 Å². The predicted molar refractivity (Wildman–Crippen MR) is 73.2 cm³/mol. The summed E-state index contributed by atoms with van der Waals surface area (Å²) >= 11 is 1.56. The van der Waals surface area contributed by atoms with Crippen LogP contribution in [0.3, 0.4) is 0 Å². The van der Waals surface area contributed by atoms with Crippen LogP contribution in [0, 0.1) is 11.3 Å². The minimum Gasteiger partial charge on any atom is -0.298 e. The van der Waals surface area contributed by atoms with Crippen LogP contribution in [0.5, 0.6) is 0 Å². The smallest absolute Gasteiger partial charge is 0.257 e. The summed E-state index contributed by atoms with van der Waals surface area (Å²) < 4.78 is 0. The molecule has 0 fully saturated rings. The molecule has 1 heterocycles. The van der Waals surface area contributed by atoms with Crippen molar-refractivity contribution in [1.29, 1.82) is 5.26 Å². The Bertz CT molecular complexity index is 645. The molecule has 0 radical (unpaired) electrons. The summed E-state index contributed by atoms with van der Waals surface area (Å²) in [5, 5.41) is 12.2. The van der Waals surface area contributed by atoms with Gasteiger partial charge >= 0.3 is 0 Å². The van der Waals surface area contributed by atoms with Crippen molar-refractivity contribution in [3.63, 3.8) is 0 Å². The molecule has 5 heteroatoms. The van der Waals surface area contributed by atoms with Gasteiger partial charge in [-0.2, -0.15) is 5.26 Å². The zero-order valence-electron chi connectivity index (χ0n) is 10.1. The number of aromatic nitrogens is 1. The zero-order valence-corrected chi connectivity index (χ0v) is 11.0. The molecule has 0 saturated heterocycles. The molecule has 1 aromatic heterocycles. The van der Waals surface area contributed by atoms with Crippen molar-refractivity contribution in [2.24, 2.45) is 0 Å². The average Bonchev–Trinajstić information content (AvgIpc) is 2.99. The summed E-state index contributed by atoms with van der Waals surface area (Å²) in [4.78, 5) is 17.7. The molecule has 0 atom stereocenters. The van der Waals surface area contributed by atoms with E-state index in [0.29, 0.717) is 16.3 Å². The lowest BCUT2D eigenvalue weighted by Crippen LogP contribution is -2.11. The van der Waals surface area contributed by atoms with Crippen molar-refractivity contribution in [2.75, 3.05) is 5.32 Å². The second-order valence-corrected chi connectivity index (χ2v) is 5.47. The fraction of sp³-hybridized carbons (Fsp3) is 0.214. The molecule has 1 N–H and O–H groups in total. The van der Waals surface area contributed by atoms with Gasteiger partial charge < -0.3 is 0 Å². The fourth-order valence-electron chi connectivity index (χ4n) is 2.11. The maximum Gasteiger partial charge on any atom is 0.257 e. The quantitative estimate of drug-likeness (QED) is 0.911. The highest BCUT2D eigenvalue weighted by atomic mass is 32.1. The normalized spacial score (nSPS) is 12.8. The standard InChI is InChI=1S/C14H11N3OS/c15-8-9-4-6-10(7-5-9)13(18)17-14-16-11-2-1-3-12(11)19-14/h4-7H,1-3H2,(H,16,17,18). The fourth-order valence-corrected chi connectivity index (χ4v) is 3.15. The first kappa shape index (κ1) is 11.9. The van der Waals surface area contributed by atoms with Gasteiger partial charge in [-0.3, -0.25) is 10.1 Å². The Hall–Kier alpha value is -2.19. The van der Waals surface area contributed by atoms with Gasteiger partial charge in [0, 0.05) is 10.4 Å². The molecule has 4 nitrogen and oxygen atoms in total. The van der Waals surface area contributed by atoms with E-state index in [2.05, 4.69) is 10.3 Å². The molecule has 0 bridgehead atoms. The number of nitriles is 1. The van der Waals surface area contributed by atoms with E-state index in [1.54, 1.807) is 35.6 Å².